The average Bonchev–Trinajstić information content (AvgIpc) is 3.01. The average molecular weight is 338 g/mol. The zero-order chi connectivity index (χ0) is 17.4. The van der Waals surface area contributed by atoms with Crippen molar-refractivity contribution in [3.63, 3.8) is 0 Å². The molecule has 25 heavy (non-hydrogen) atoms. The molecule has 0 saturated heterocycles. The van der Waals surface area contributed by atoms with Crippen molar-refractivity contribution >= 4 is 22.7 Å². The molecule has 0 atom stereocenters. The van der Waals surface area contributed by atoms with Gasteiger partial charge < -0.3 is 4.74 Å². The van der Waals surface area contributed by atoms with Gasteiger partial charge in [0.25, 0.3) is 5.69 Å². The molecule has 1 aromatic carbocycles. The maximum absolute atomic E-state index is 12.1. The molecule has 2 aromatic heterocycles. The molecule has 0 radical (unpaired) electrons. The number of ether oxygens (including phenoxy) is 1. The van der Waals surface area contributed by atoms with Gasteiger partial charge in [-0.1, -0.05) is 0 Å². The molecule has 1 fully saturated rings. The van der Waals surface area contributed by atoms with Gasteiger partial charge in [0.05, 0.1) is 22.7 Å². The van der Waals surface area contributed by atoms with Crippen LogP contribution in [0.2, 0.25) is 0 Å². The summed E-state index contributed by atoms with van der Waals surface area (Å²) in [6.07, 6.45) is 4.66. The number of fused-ring (bicyclic) bond motifs is 1. The normalized spacial score (nSPS) is 19.4. The summed E-state index contributed by atoms with van der Waals surface area (Å²) in [4.78, 5) is 26.6. The molecule has 1 aliphatic carbocycles. The molecule has 0 aliphatic heterocycles. The van der Waals surface area contributed by atoms with Crippen LogP contribution in [0.4, 0.5) is 5.69 Å². The molecule has 1 saturated carbocycles. The highest BCUT2D eigenvalue weighted by Crippen LogP contribution is 2.36. The van der Waals surface area contributed by atoms with E-state index in [9.17, 15) is 14.9 Å². The van der Waals surface area contributed by atoms with E-state index in [4.69, 9.17) is 4.74 Å². The Morgan fingerprint density at radius 1 is 1.24 bits per heavy atom. The monoisotopic (exact) mass is 338 g/mol. The second-order valence-corrected chi connectivity index (χ2v) is 5.96. The van der Waals surface area contributed by atoms with E-state index in [1.54, 1.807) is 12.4 Å². The first-order chi connectivity index (χ1) is 12.1. The Balaban J connectivity index is 1.38. The Bertz CT molecular complexity index is 945. The molecule has 0 amide bonds. The first kappa shape index (κ1) is 15.3. The number of esters is 1. The van der Waals surface area contributed by atoms with Gasteiger partial charge in [0.1, 0.15) is 6.10 Å². The van der Waals surface area contributed by atoms with Crippen LogP contribution in [0, 0.1) is 10.1 Å². The minimum absolute atomic E-state index is 0.0571. The number of nitrogens with zero attached hydrogens (tertiary/aromatic N) is 4. The number of carbonyl (C=O) groups is 1. The minimum Gasteiger partial charge on any atom is -0.459 e. The van der Waals surface area contributed by atoms with E-state index in [0.717, 1.165) is 11.0 Å². The molecule has 2 heterocycles. The predicted molar refractivity (Wildman–Crippen MR) is 88.1 cm³/mol. The Labute approximate surface area is 142 Å². The summed E-state index contributed by atoms with van der Waals surface area (Å²) in [7, 11) is 0. The minimum atomic E-state index is -0.506. The summed E-state index contributed by atoms with van der Waals surface area (Å²) in [6, 6.07) is 9.37. The topological polar surface area (TPSA) is 100 Å². The highest BCUT2D eigenvalue weighted by Gasteiger charge is 2.35. The molecule has 8 heteroatoms. The zero-order valence-electron chi connectivity index (χ0n) is 13.1. The third-order valence-corrected chi connectivity index (χ3v) is 4.36. The second-order valence-electron chi connectivity index (χ2n) is 5.96. The van der Waals surface area contributed by atoms with Gasteiger partial charge in [-0.2, -0.15) is 5.10 Å². The zero-order valence-corrected chi connectivity index (χ0v) is 13.1. The number of hydrogen-bond donors (Lipinski definition) is 0. The van der Waals surface area contributed by atoms with Crippen LogP contribution in [-0.4, -0.2) is 31.8 Å². The highest BCUT2D eigenvalue weighted by molar-refractivity contribution is 5.89. The van der Waals surface area contributed by atoms with Crippen molar-refractivity contribution in [1.82, 2.24) is 14.8 Å². The number of nitro benzene ring substituents is 1. The van der Waals surface area contributed by atoms with E-state index < -0.39 is 10.9 Å². The number of non-ortho nitro benzene ring substituents is 1. The van der Waals surface area contributed by atoms with Crippen molar-refractivity contribution in [2.45, 2.75) is 25.0 Å². The van der Waals surface area contributed by atoms with Crippen LogP contribution in [-0.2, 0) is 4.74 Å². The fourth-order valence-corrected chi connectivity index (χ4v) is 2.92. The lowest BCUT2D eigenvalue weighted by molar-refractivity contribution is -0.384. The Kier molecular flexibility index (Phi) is 3.64. The molecule has 0 spiro atoms. The number of carbonyl (C=O) groups excluding carboxylic acids is 1. The Hall–Kier alpha value is -3.29. The summed E-state index contributed by atoms with van der Waals surface area (Å²) >= 11 is 0. The van der Waals surface area contributed by atoms with Crippen LogP contribution in [0.25, 0.3) is 11.0 Å². The summed E-state index contributed by atoms with van der Waals surface area (Å²) in [6.45, 7) is 0. The highest BCUT2D eigenvalue weighted by atomic mass is 16.6. The van der Waals surface area contributed by atoms with E-state index in [1.165, 1.54) is 24.3 Å². The van der Waals surface area contributed by atoms with E-state index in [2.05, 4.69) is 10.1 Å². The van der Waals surface area contributed by atoms with Gasteiger partial charge >= 0.3 is 5.97 Å². The van der Waals surface area contributed by atoms with Crippen LogP contribution >= 0.6 is 0 Å². The molecule has 126 valence electrons. The van der Waals surface area contributed by atoms with Gasteiger partial charge in [-0.3, -0.25) is 10.1 Å². The van der Waals surface area contributed by atoms with Crippen molar-refractivity contribution < 1.29 is 14.5 Å². The summed E-state index contributed by atoms with van der Waals surface area (Å²) in [5.74, 6) is -0.471. The SMILES string of the molecule is O=C(OC1CC(n2ncc3cccnc32)C1)c1ccc([N+](=O)[O-])cc1. The molecule has 0 unspecified atom stereocenters. The Morgan fingerprint density at radius 2 is 2.00 bits per heavy atom. The number of benzene rings is 1. The molecule has 4 rings (SSSR count). The summed E-state index contributed by atoms with van der Waals surface area (Å²) < 4.78 is 7.31. The number of rotatable bonds is 4. The first-order valence-corrected chi connectivity index (χ1v) is 7.85. The molecule has 0 bridgehead atoms. The van der Waals surface area contributed by atoms with Crippen molar-refractivity contribution in [1.29, 1.82) is 0 Å². The lowest BCUT2D eigenvalue weighted by Gasteiger charge is -2.34. The van der Waals surface area contributed by atoms with Crippen LogP contribution in [0.3, 0.4) is 0 Å². The van der Waals surface area contributed by atoms with Crippen molar-refractivity contribution in [3.8, 4) is 0 Å². The standard InChI is InChI=1S/C17H14N4O4/c22-17(11-3-5-13(6-4-11)21(23)24)25-15-8-14(9-15)20-16-12(10-19-20)2-1-7-18-16/h1-7,10,14-15H,8-9H2. The van der Waals surface area contributed by atoms with Gasteiger partial charge in [-0.15, -0.1) is 0 Å². The van der Waals surface area contributed by atoms with Crippen molar-refractivity contribution in [3.05, 3.63) is 64.5 Å². The van der Waals surface area contributed by atoms with Crippen LogP contribution < -0.4 is 0 Å². The van der Waals surface area contributed by atoms with Gasteiger partial charge in [0.15, 0.2) is 5.65 Å². The van der Waals surface area contributed by atoms with Crippen LogP contribution in [0.5, 0.6) is 0 Å². The van der Waals surface area contributed by atoms with Crippen LogP contribution in [0.1, 0.15) is 29.2 Å². The van der Waals surface area contributed by atoms with E-state index in [1.807, 2.05) is 16.8 Å². The maximum Gasteiger partial charge on any atom is 0.338 e. The third kappa shape index (κ3) is 2.82. The molecular weight excluding hydrogens is 324 g/mol. The van der Waals surface area contributed by atoms with Gasteiger partial charge in [-0.25, -0.2) is 14.5 Å². The third-order valence-electron chi connectivity index (χ3n) is 4.36. The quantitative estimate of drug-likeness (QED) is 0.412. The number of nitro groups is 1. The lowest BCUT2D eigenvalue weighted by atomic mass is 9.89. The lowest BCUT2D eigenvalue weighted by Crippen LogP contribution is -2.35. The summed E-state index contributed by atoms with van der Waals surface area (Å²) in [5, 5.41) is 16.0. The molecular formula is C17H14N4O4. The van der Waals surface area contributed by atoms with Gasteiger partial charge in [0, 0.05) is 36.6 Å². The van der Waals surface area contributed by atoms with Crippen molar-refractivity contribution in [2.24, 2.45) is 0 Å². The van der Waals surface area contributed by atoms with Crippen molar-refractivity contribution in [2.75, 3.05) is 0 Å². The van der Waals surface area contributed by atoms with E-state index in [-0.39, 0.29) is 17.8 Å². The predicted octanol–water partition coefficient (Wildman–Crippen LogP) is 2.90. The smallest absolute Gasteiger partial charge is 0.338 e. The number of aromatic nitrogens is 3. The molecule has 0 N–H and O–H groups in total. The maximum atomic E-state index is 12.1. The van der Waals surface area contributed by atoms with Crippen LogP contribution in [0.15, 0.2) is 48.8 Å². The molecule has 3 aromatic rings. The van der Waals surface area contributed by atoms with Gasteiger partial charge in [-0.05, 0) is 24.3 Å². The summed E-state index contributed by atoms with van der Waals surface area (Å²) in [5.41, 5.74) is 1.08. The number of hydrogen-bond acceptors (Lipinski definition) is 6. The number of pyridine rings is 1. The first-order valence-electron chi connectivity index (χ1n) is 7.85. The van der Waals surface area contributed by atoms with E-state index >= 15 is 0 Å². The fourth-order valence-electron chi connectivity index (χ4n) is 2.92. The van der Waals surface area contributed by atoms with E-state index in [0.29, 0.717) is 18.4 Å². The molecule has 1 aliphatic rings. The second kappa shape index (κ2) is 5.97. The fraction of sp³-hybridized carbons (Fsp3) is 0.235. The molecule has 8 nitrogen and oxygen atoms in total. The van der Waals surface area contributed by atoms with Gasteiger partial charge in [0.2, 0.25) is 0 Å². The Morgan fingerprint density at radius 3 is 2.72 bits per heavy atom. The largest absolute Gasteiger partial charge is 0.459 e.